The van der Waals surface area contributed by atoms with E-state index in [1.54, 1.807) is 12.0 Å². The summed E-state index contributed by atoms with van der Waals surface area (Å²) in [5.41, 5.74) is 2.80. The highest BCUT2D eigenvalue weighted by Crippen LogP contribution is 2.31. The van der Waals surface area contributed by atoms with E-state index in [1.807, 2.05) is 0 Å². The zero-order valence-electron chi connectivity index (χ0n) is 17.6. The van der Waals surface area contributed by atoms with Gasteiger partial charge in [0.15, 0.2) is 0 Å². The summed E-state index contributed by atoms with van der Waals surface area (Å²) in [4.78, 5) is 27.5. The van der Waals surface area contributed by atoms with E-state index in [0.717, 1.165) is 12.0 Å². The van der Waals surface area contributed by atoms with E-state index in [2.05, 4.69) is 36.5 Å². The van der Waals surface area contributed by atoms with Gasteiger partial charge in [0, 0.05) is 38.2 Å². The summed E-state index contributed by atoms with van der Waals surface area (Å²) in [6, 6.07) is 13.9. The van der Waals surface area contributed by atoms with E-state index >= 15 is 0 Å². The Kier molecular flexibility index (Phi) is 7.57. The van der Waals surface area contributed by atoms with Crippen LogP contribution in [0.15, 0.2) is 48.5 Å². The van der Waals surface area contributed by atoms with Crippen LogP contribution in [-0.4, -0.2) is 50.1 Å². The minimum atomic E-state index is -0.380. The lowest BCUT2D eigenvalue weighted by atomic mass is 9.83. The highest BCUT2D eigenvalue weighted by molar-refractivity contribution is 5.94. The lowest BCUT2D eigenvalue weighted by molar-refractivity contribution is -0.126. The van der Waals surface area contributed by atoms with Gasteiger partial charge in [-0.1, -0.05) is 31.2 Å². The van der Waals surface area contributed by atoms with Gasteiger partial charge >= 0.3 is 0 Å². The van der Waals surface area contributed by atoms with Gasteiger partial charge in [0.2, 0.25) is 5.91 Å². The van der Waals surface area contributed by atoms with E-state index < -0.39 is 0 Å². The average molecular weight is 413 g/mol. The second-order valence-electron chi connectivity index (χ2n) is 7.73. The molecule has 0 saturated carbocycles. The molecule has 0 spiro atoms. The number of hydrogen-bond donors (Lipinski definition) is 1. The van der Waals surface area contributed by atoms with Gasteiger partial charge in [-0.25, -0.2) is 4.39 Å². The van der Waals surface area contributed by atoms with Crippen molar-refractivity contribution < 1.29 is 18.7 Å². The number of nitrogens with one attached hydrogen (secondary N) is 1. The molecule has 2 amide bonds. The van der Waals surface area contributed by atoms with Crippen LogP contribution in [0.1, 0.15) is 40.7 Å². The molecule has 0 unspecified atom stereocenters. The lowest BCUT2D eigenvalue weighted by Gasteiger charge is -2.37. The number of ether oxygens (including phenoxy) is 1. The highest BCUT2D eigenvalue weighted by Gasteiger charge is 2.34. The van der Waals surface area contributed by atoms with Crippen molar-refractivity contribution in [3.05, 3.63) is 71.0 Å². The van der Waals surface area contributed by atoms with Crippen LogP contribution in [0.3, 0.4) is 0 Å². The molecule has 160 valence electrons. The number of piperidine rings is 1. The maximum absolute atomic E-state index is 13.3. The molecular formula is C24H29FN2O3. The van der Waals surface area contributed by atoms with Gasteiger partial charge in [-0.05, 0) is 48.2 Å². The van der Waals surface area contributed by atoms with Gasteiger partial charge in [0.25, 0.3) is 5.91 Å². The molecule has 0 bridgehead atoms. The Balaban J connectivity index is 1.81. The van der Waals surface area contributed by atoms with Crippen LogP contribution in [0, 0.1) is 11.7 Å². The number of hydrogen-bond acceptors (Lipinski definition) is 3. The molecule has 2 atom stereocenters. The van der Waals surface area contributed by atoms with Gasteiger partial charge in [0.1, 0.15) is 5.82 Å². The van der Waals surface area contributed by atoms with Gasteiger partial charge in [0.05, 0.1) is 12.5 Å². The maximum Gasteiger partial charge on any atom is 0.253 e. The van der Waals surface area contributed by atoms with Crippen molar-refractivity contribution >= 4 is 11.8 Å². The van der Waals surface area contributed by atoms with Crippen LogP contribution in [0.2, 0.25) is 0 Å². The summed E-state index contributed by atoms with van der Waals surface area (Å²) < 4.78 is 18.3. The van der Waals surface area contributed by atoms with E-state index in [9.17, 15) is 14.0 Å². The highest BCUT2D eigenvalue weighted by atomic mass is 19.1. The average Bonchev–Trinajstić information content (AvgIpc) is 2.79. The van der Waals surface area contributed by atoms with Crippen LogP contribution in [0.4, 0.5) is 4.39 Å². The topological polar surface area (TPSA) is 58.6 Å². The maximum atomic E-state index is 13.3. The first-order valence-corrected chi connectivity index (χ1v) is 10.4. The normalized spacial score (nSPS) is 18.8. The van der Waals surface area contributed by atoms with Crippen molar-refractivity contribution in [2.45, 2.75) is 25.7 Å². The van der Waals surface area contributed by atoms with Gasteiger partial charge in [-0.3, -0.25) is 9.59 Å². The Labute approximate surface area is 177 Å². The van der Waals surface area contributed by atoms with Crippen LogP contribution >= 0.6 is 0 Å². The second kappa shape index (κ2) is 10.3. The number of halogens is 1. The van der Waals surface area contributed by atoms with Crippen molar-refractivity contribution in [3.63, 3.8) is 0 Å². The number of carbonyl (C=O) groups excluding carboxylic acids is 2. The minimum Gasteiger partial charge on any atom is -0.383 e. The van der Waals surface area contributed by atoms with Gasteiger partial charge < -0.3 is 15.0 Å². The van der Waals surface area contributed by atoms with Gasteiger partial charge in [-0.15, -0.1) is 0 Å². The number of methoxy groups -OCH3 is 1. The first-order valence-electron chi connectivity index (χ1n) is 10.4. The van der Waals surface area contributed by atoms with Crippen LogP contribution in [0.25, 0.3) is 0 Å². The Morgan fingerprint density at radius 1 is 1.10 bits per heavy atom. The second-order valence-corrected chi connectivity index (χ2v) is 7.73. The molecule has 1 aliphatic rings. The molecule has 3 rings (SSSR count). The summed E-state index contributed by atoms with van der Waals surface area (Å²) in [6.07, 6.45) is 1.64. The quantitative estimate of drug-likeness (QED) is 0.709. The van der Waals surface area contributed by atoms with Crippen LogP contribution < -0.4 is 5.32 Å². The fraction of sp³-hybridized carbons (Fsp3) is 0.417. The third-order valence-corrected chi connectivity index (χ3v) is 5.66. The summed E-state index contributed by atoms with van der Waals surface area (Å²) in [5, 5.41) is 2.90. The summed E-state index contributed by atoms with van der Waals surface area (Å²) >= 11 is 0. The number of carbonyl (C=O) groups is 2. The molecule has 1 aliphatic heterocycles. The van der Waals surface area contributed by atoms with E-state index in [-0.39, 0.29) is 29.5 Å². The molecule has 2 aromatic carbocycles. The Bertz CT molecular complexity index is 852. The fourth-order valence-electron chi connectivity index (χ4n) is 3.92. The number of amides is 2. The Morgan fingerprint density at radius 2 is 1.80 bits per heavy atom. The molecule has 1 fully saturated rings. The summed E-state index contributed by atoms with van der Waals surface area (Å²) in [5.74, 6) is -0.879. The molecule has 2 aromatic rings. The first kappa shape index (κ1) is 22.0. The molecule has 5 nitrogen and oxygen atoms in total. The molecule has 1 N–H and O–H groups in total. The first-order chi connectivity index (χ1) is 14.5. The van der Waals surface area contributed by atoms with E-state index in [0.29, 0.717) is 38.2 Å². The molecule has 1 heterocycles. The third-order valence-electron chi connectivity index (χ3n) is 5.66. The zero-order chi connectivity index (χ0) is 21.5. The number of benzene rings is 2. The Hall–Kier alpha value is -2.73. The SMILES string of the molecule is CCc1ccc([C@@H]2C[C@H](C(=O)NCCOC)CN(C(=O)c3ccc(F)cc3)C2)cc1. The van der Waals surface area contributed by atoms with Crippen molar-refractivity contribution in [1.29, 1.82) is 0 Å². The zero-order valence-corrected chi connectivity index (χ0v) is 17.6. The third kappa shape index (κ3) is 5.45. The lowest BCUT2D eigenvalue weighted by Crippen LogP contribution is -2.48. The van der Waals surface area contributed by atoms with E-state index in [1.165, 1.54) is 29.8 Å². The van der Waals surface area contributed by atoms with Crippen molar-refractivity contribution in [2.24, 2.45) is 5.92 Å². The van der Waals surface area contributed by atoms with Crippen molar-refractivity contribution in [1.82, 2.24) is 10.2 Å². The summed E-state index contributed by atoms with van der Waals surface area (Å²) in [6.45, 7) is 3.87. The predicted molar refractivity (Wildman–Crippen MR) is 114 cm³/mol. The van der Waals surface area contributed by atoms with Gasteiger partial charge in [-0.2, -0.15) is 0 Å². The monoisotopic (exact) mass is 412 g/mol. The Morgan fingerprint density at radius 3 is 2.43 bits per heavy atom. The van der Waals surface area contributed by atoms with Crippen molar-refractivity contribution in [3.8, 4) is 0 Å². The van der Waals surface area contributed by atoms with Crippen molar-refractivity contribution in [2.75, 3.05) is 33.4 Å². The molecule has 30 heavy (non-hydrogen) atoms. The molecule has 0 radical (unpaired) electrons. The number of rotatable bonds is 7. The number of nitrogens with zero attached hydrogens (tertiary/aromatic N) is 1. The largest absolute Gasteiger partial charge is 0.383 e. The van der Waals surface area contributed by atoms with Crippen LogP contribution in [-0.2, 0) is 16.0 Å². The molecule has 0 aromatic heterocycles. The smallest absolute Gasteiger partial charge is 0.253 e. The number of aryl methyl sites for hydroxylation is 1. The molecule has 6 heteroatoms. The predicted octanol–water partition coefficient (Wildman–Crippen LogP) is 3.40. The standard InChI is InChI=1S/C24H29FN2O3/c1-3-17-4-6-18(7-5-17)20-14-21(23(28)26-12-13-30-2)16-27(15-20)24(29)19-8-10-22(25)11-9-19/h4-11,20-21H,3,12-16H2,1-2H3,(H,26,28)/t20-,21+/m1/s1. The molecule has 0 aliphatic carbocycles. The van der Waals surface area contributed by atoms with Crippen LogP contribution in [0.5, 0.6) is 0 Å². The summed E-state index contributed by atoms with van der Waals surface area (Å²) in [7, 11) is 1.59. The molecule has 1 saturated heterocycles. The van der Waals surface area contributed by atoms with E-state index in [4.69, 9.17) is 4.74 Å². The number of likely N-dealkylation sites (tertiary alicyclic amines) is 1. The fourth-order valence-corrected chi connectivity index (χ4v) is 3.92. The minimum absolute atomic E-state index is 0.0622. The molecular weight excluding hydrogens is 383 g/mol.